The molecule has 0 saturated carbocycles. The Morgan fingerprint density at radius 3 is 2.72 bits per heavy atom. The van der Waals surface area contributed by atoms with E-state index in [0.29, 0.717) is 19.1 Å². The minimum Gasteiger partial charge on any atom is -0.493 e. The maximum Gasteiger partial charge on any atom is 0.123 e. The first kappa shape index (κ1) is 11.6. The molecule has 0 bridgehead atoms. The summed E-state index contributed by atoms with van der Waals surface area (Å²) in [5.41, 5.74) is 1.25. The monoisotopic (exact) mass is 304 g/mol. The zero-order chi connectivity index (χ0) is 12.4. The van der Waals surface area contributed by atoms with Crippen LogP contribution in [0.3, 0.4) is 0 Å². The van der Waals surface area contributed by atoms with Gasteiger partial charge in [0.2, 0.25) is 0 Å². The van der Waals surface area contributed by atoms with E-state index in [0.717, 1.165) is 16.0 Å². The predicted octanol–water partition coefficient (Wildman–Crippen LogP) is 4.00. The van der Waals surface area contributed by atoms with E-state index in [1.54, 1.807) is 0 Å². The summed E-state index contributed by atoms with van der Waals surface area (Å²) >= 11 is 3.41. The van der Waals surface area contributed by atoms with Crippen LogP contribution >= 0.6 is 15.9 Å². The third-order valence-electron chi connectivity index (χ3n) is 3.06. The van der Waals surface area contributed by atoms with Gasteiger partial charge >= 0.3 is 0 Å². The quantitative estimate of drug-likeness (QED) is 0.853. The normalized spacial score (nSPS) is 17.1. The van der Waals surface area contributed by atoms with E-state index in [9.17, 15) is 0 Å². The molecular weight excluding hydrogens is 292 g/mol. The standard InChI is InChI=1S/C15H13BrO2/c16-12-5-7-13(8-6-12)17-9-11-10-18-15-4-2-1-3-14(11)15/h1-8,11H,9-10H2. The average Bonchev–Trinajstić information content (AvgIpc) is 2.82. The molecule has 1 aliphatic rings. The highest BCUT2D eigenvalue weighted by molar-refractivity contribution is 9.10. The van der Waals surface area contributed by atoms with Crippen LogP contribution in [-0.2, 0) is 0 Å². The number of para-hydroxylation sites is 1. The third kappa shape index (κ3) is 2.36. The van der Waals surface area contributed by atoms with Crippen molar-refractivity contribution in [3.63, 3.8) is 0 Å². The van der Waals surface area contributed by atoms with Crippen molar-refractivity contribution in [2.45, 2.75) is 5.92 Å². The zero-order valence-corrected chi connectivity index (χ0v) is 11.4. The molecule has 1 heterocycles. The summed E-state index contributed by atoms with van der Waals surface area (Å²) < 4.78 is 12.5. The van der Waals surface area contributed by atoms with Gasteiger partial charge in [-0.05, 0) is 30.3 Å². The van der Waals surface area contributed by atoms with Crippen LogP contribution in [0, 0.1) is 0 Å². The largest absolute Gasteiger partial charge is 0.493 e. The highest BCUT2D eigenvalue weighted by atomic mass is 79.9. The van der Waals surface area contributed by atoms with E-state index >= 15 is 0 Å². The van der Waals surface area contributed by atoms with Gasteiger partial charge in [0.15, 0.2) is 0 Å². The van der Waals surface area contributed by atoms with Crippen LogP contribution in [0.25, 0.3) is 0 Å². The summed E-state index contributed by atoms with van der Waals surface area (Å²) in [6.45, 7) is 1.36. The van der Waals surface area contributed by atoms with Crippen molar-refractivity contribution in [1.29, 1.82) is 0 Å². The molecule has 0 amide bonds. The highest BCUT2D eigenvalue weighted by Crippen LogP contribution is 2.33. The second kappa shape index (κ2) is 5.02. The Hall–Kier alpha value is -1.48. The Balaban J connectivity index is 1.67. The van der Waals surface area contributed by atoms with Gasteiger partial charge in [-0.3, -0.25) is 0 Å². The summed E-state index contributed by atoms with van der Waals surface area (Å²) in [4.78, 5) is 0. The molecule has 18 heavy (non-hydrogen) atoms. The van der Waals surface area contributed by atoms with Gasteiger partial charge in [-0.15, -0.1) is 0 Å². The van der Waals surface area contributed by atoms with Gasteiger partial charge in [-0.1, -0.05) is 34.1 Å². The van der Waals surface area contributed by atoms with Crippen LogP contribution in [0.15, 0.2) is 53.0 Å². The number of halogens is 1. The Morgan fingerprint density at radius 2 is 1.89 bits per heavy atom. The lowest BCUT2D eigenvalue weighted by atomic mass is 10.0. The van der Waals surface area contributed by atoms with Crippen molar-refractivity contribution in [3.8, 4) is 11.5 Å². The minimum absolute atomic E-state index is 0.324. The molecule has 3 heteroatoms. The molecule has 3 rings (SSSR count). The number of rotatable bonds is 3. The first-order valence-corrected chi connectivity index (χ1v) is 6.72. The van der Waals surface area contributed by atoms with Gasteiger partial charge in [0.25, 0.3) is 0 Å². The number of hydrogen-bond acceptors (Lipinski definition) is 2. The van der Waals surface area contributed by atoms with Gasteiger partial charge in [0.05, 0.1) is 19.1 Å². The predicted molar refractivity (Wildman–Crippen MR) is 74.3 cm³/mol. The zero-order valence-electron chi connectivity index (χ0n) is 9.80. The fraction of sp³-hybridized carbons (Fsp3) is 0.200. The van der Waals surface area contributed by atoms with Crippen LogP contribution in [-0.4, -0.2) is 13.2 Å². The molecular formula is C15H13BrO2. The van der Waals surface area contributed by atoms with Gasteiger partial charge in [0.1, 0.15) is 11.5 Å². The first-order valence-electron chi connectivity index (χ1n) is 5.93. The SMILES string of the molecule is Brc1ccc(OCC2COc3ccccc32)cc1. The van der Waals surface area contributed by atoms with Gasteiger partial charge in [-0.25, -0.2) is 0 Å². The first-order chi connectivity index (χ1) is 8.83. The molecule has 1 atom stereocenters. The molecule has 1 aliphatic heterocycles. The van der Waals surface area contributed by atoms with Crippen LogP contribution in [0.4, 0.5) is 0 Å². The maximum absolute atomic E-state index is 5.80. The molecule has 1 unspecified atom stereocenters. The van der Waals surface area contributed by atoms with E-state index < -0.39 is 0 Å². The molecule has 0 fully saturated rings. The van der Waals surface area contributed by atoms with E-state index in [1.807, 2.05) is 42.5 Å². The molecule has 0 aliphatic carbocycles. The number of fused-ring (bicyclic) bond motifs is 1. The molecule has 0 aromatic heterocycles. The minimum atomic E-state index is 0.324. The Bertz CT molecular complexity index is 536. The summed E-state index contributed by atoms with van der Waals surface area (Å²) in [7, 11) is 0. The molecule has 2 nitrogen and oxygen atoms in total. The molecule has 2 aromatic rings. The van der Waals surface area contributed by atoms with Gasteiger partial charge < -0.3 is 9.47 Å². The lowest BCUT2D eigenvalue weighted by Crippen LogP contribution is -2.11. The van der Waals surface area contributed by atoms with Crippen LogP contribution < -0.4 is 9.47 Å². The molecule has 0 spiro atoms. The summed E-state index contributed by atoms with van der Waals surface area (Å²) in [5, 5.41) is 0. The number of ether oxygens (including phenoxy) is 2. The fourth-order valence-corrected chi connectivity index (χ4v) is 2.36. The van der Waals surface area contributed by atoms with Crippen molar-refractivity contribution in [2.75, 3.05) is 13.2 Å². The molecule has 92 valence electrons. The van der Waals surface area contributed by atoms with E-state index in [-0.39, 0.29) is 0 Å². The van der Waals surface area contributed by atoms with Crippen molar-refractivity contribution in [2.24, 2.45) is 0 Å². The number of benzene rings is 2. The van der Waals surface area contributed by atoms with Crippen molar-refractivity contribution in [3.05, 3.63) is 58.6 Å². The second-order valence-electron chi connectivity index (χ2n) is 4.31. The third-order valence-corrected chi connectivity index (χ3v) is 3.59. The van der Waals surface area contributed by atoms with E-state index in [2.05, 4.69) is 22.0 Å². The molecule has 2 aromatic carbocycles. The van der Waals surface area contributed by atoms with Crippen LogP contribution in [0.1, 0.15) is 11.5 Å². The number of hydrogen-bond donors (Lipinski definition) is 0. The van der Waals surface area contributed by atoms with E-state index in [4.69, 9.17) is 9.47 Å². The molecule has 0 N–H and O–H groups in total. The summed E-state index contributed by atoms with van der Waals surface area (Å²) in [6.07, 6.45) is 0. The molecule has 0 saturated heterocycles. The van der Waals surface area contributed by atoms with Gasteiger partial charge in [-0.2, -0.15) is 0 Å². The van der Waals surface area contributed by atoms with Crippen molar-refractivity contribution < 1.29 is 9.47 Å². The lowest BCUT2D eigenvalue weighted by molar-refractivity contribution is 0.248. The smallest absolute Gasteiger partial charge is 0.123 e. The average molecular weight is 305 g/mol. The van der Waals surface area contributed by atoms with Crippen molar-refractivity contribution in [1.82, 2.24) is 0 Å². The van der Waals surface area contributed by atoms with E-state index in [1.165, 1.54) is 5.56 Å². The topological polar surface area (TPSA) is 18.5 Å². The Kier molecular flexibility index (Phi) is 3.24. The van der Waals surface area contributed by atoms with Crippen molar-refractivity contribution >= 4 is 15.9 Å². The fourth-order valence-electron chi connectivity index (χ4n) is 2.09. The lowest BCUT2D eigenvalue weighted by Gasteiger charge is -2.11. The van der Waals surface area contributed by atoms with Crippen LogP contribution in [0.2, 0.25) is 0 Å². The van der Waals surface area contributed by atoms with Crippen LogP contribution in [0.5, 0.6) is 11.5 Å². The Morgan fingerprint density at radius 1 is 1.11 bits per heavy atom. The Labute approximate surface area is 115 Å². The summed E-state index contributed by atoms with van der Waals surface area (Å²) in [6, 6.07) is 16.0. The second-order valence-corrected chi connectivity index (χ2v) is 5.23. The highest BCUT2D eigenvalue weighted by Gasteiger charge is 2.23. The summed E-state index contributed by atoms with van der Waals surface area (Å²) in [5.74, 6) is 2.20. The maximum atomic E-state index is 5.80. The van der Waals surface area contributed by atoms with Gasteiger partial charge in [0, 0.05) is 10.0 Å². The molecule has 0 radical (unpaired) electrons.